The van der Waals surface area contributed by atoms with Gasteiger partial charge in [-0.05, 0) is 49.6 Å². The van der Waals surface area contributed by atoms with Crippen molar-refractivity contribution in [1.82, 2.24) is 4.31 Å². The molecule has 2 aromatic carbocycles. The van der Waals surface area contributed by atoms with Crippen molar-refractivity contribution in [2.24, 2.45) is 5.92 Å². The SMILES string of the molecule is CC(=O)c1cccc(NC(=O)[C@H]2CCCN(S(=O)(=O)Cc3ccc(F)cc3)C2)c1. The average molecular weight is 418 g/mol. The highest BCUT2D eigenvalue weighted by molar-refractivity contribution is 7.88. The van der Waals surface area contributed by atoms with Crippen LogP contribution in [-0.4, -0.2) is 37.5 Å². The van der Waals surface area contributed by atoms with Crippen LogP contribution in [0.3, 0.4) is 0 Å². The summed E-state index contributed by atoms with van der Waals surface area (Å²) in [5.74, 6) is -1.51. The molecule has 1 amide bonds. The minimum atomic E-state index is -3.62. The van der Waals surface area contributed by atoms with Gasteiger partial charge in [-0.1, -0.05) is 24.3 Å². The number of anilines is 1. The summed E-state index contributed by atoms with van der Waals surface area (Å²) in [6, 6.07) is 12.0. The molecule has 0 bridgehead atoms. The van der Waals surface area contributed by atoms with Gasteiger partial charge in [0, 0.05) is 24.3 Å². The van der Waals surface area contributed by atoms with Crippen molar-refractivity contribution in [3.63, 3.8) is 0 Å². The number of amides is 1. The summed E-state index contributed by atoms with van der Waals surface area (Å²) in [5, 5.41) is 2.78. The van der Waals surface area contributed by atoms with E-state index in [1.807, 2.05) is 0 Å². The number of nitrogens with one attached hydrogen (secondary N) is 1. The van der Waals surface area contributed by atoms with Gasteiger partial charge in [0.25, 0.3) is 0 Å². The molecule has 154 valence electrons. The molecule has 0 spiro atoms. The van der Waals surface area contributed by atoms with E-state index in [9.17, 15) is 22.4 Å². The largest absolute Gasteiger partial charge is 0.326 e. The van der Waals surface area contributed by atoms with E-state index in [2.05, 4.69) is 5.32 Å². The zero-order valence-corrected chi connectivity index (χ0v) is 16.9. The fraction of sp³-hybridized carbons (Fsp3) is 0.333. The van der Waals surface area contributed by atoms with Crippen molar-refractivity contribution in [2.75, 3.05) is 18.4 Å². The lowest BCUT2D eigenvalue weighted by Gasteiger charge is -2.31. The molecule has 1 saturated heterocycles. The van der Waals surface area contributed by atoms with Gasteiger partial charge < -0.3 is 5.32 Å². The number of piperidine rings is 1. The predicted molar refractivity (Wildman–Crippen MR) is 108 cm³/mol. The lowest BCUT2D eigenvalue weighted by Crippen LogP contribution is -2.44. The van der Waals surface area contributed by atoms with E-state index in [0.29, 0.717) is 36.2 Å². The van der Waals surface area contributed by atoms with Gasteiger partial charge in [0.2, 0.25) is 15.9 Å². The summed E-state index contributed by atoms with van der Waals surface area (Å²) >= 11 is 0. The fourth-order valence-corrected chi connectivity index (χ4v) is 4.96. The zero-order chi connectivity index (χ0) is 21.0. The van der Waals surface area contributed by atoms with Gasteiger partial charge in [-0.15, -0.1) is 0 Å². The maximum Gasteiger partial charge on any atom is 0.228 e. The summed E-state index contributed by atoms with van der Waals surface area (Å²) in [6.45, 7) is 1.90. The Kier molecular flexibility index (Phi) is 6.44. The van der Waals surface area contributed by atoms with E-state index < -0.39 is 21.8 Å². The Morgan fingerprint density at radius 3 is 2.59 bits per heavy atom. The number of carbonyl (C=O) groups excluding carboxylic acids is 2. The molecular formula is C21H23FN2O4S. The fourth-order valence-electron chi connectivity index (χ4n) is 3.35. The topological polar surface area (TPSA) is 83.6 Å². The van der Waals surface area contributed by atoms with E-state index in [1.165, 1.54) is 35.5 Å². The molecule has 3 rings (SSSR count). The molecule has 2 aromatic rings. The van der Waals surface area contributed by atoms with E-state index in [0.717, 1.165) is 0 Å². The molecule has 0 unspecified atom stereocenters. The normalized spacial score (nSPS) is 17.7. The first-order valence-corrected chi connectivity index (χ1v) is 11.0. The van der Waals surface area contributed by atoms with Crippen molar-refractivity contribution in [3.8, 4) is 0 Å². The van der Waals surface area contributed by atoms with Gasteiger partial charge in [0.1, 0.15) is 5.82 Å². The summed E-state index contributed by atoms with van der Waals surface area (Å²) in [7, 11) is -3.62. The Hall–Kier alpha value is -2.58. The van der Waals surface area contributed by atoms with Crippen LogP contribution in [0.1, 0.15) is 35.7 Å². The van der Waals surface area contributed by atoms with Crippen molar-refractivity contribution in [1.29, 1.82) is 0 Å². The number of hydrogen-bond acceptors (Lipinski definition) is 4. The van der Waals surface area contributed by atoms with Crippen LogP contribution in [0.25, 0.3) is 0 Å². The van der Waals surface area contributed by atoms with Crippen LogP contribution in [0.15, 0.2) is 48.5 Å². The molecule has 0 aliphatic carbocycles. The molecule has 1 atom stereocenters. The van der Waals surface area contributed by atoms with Gasteiger partial charge in [-0.3, -0.25) is 9.59 Å². The molecule has 6 nitrogen and oxygen atoms in total. The number of ketones is 1. The first-order valence-electron chi connectivity index (χ1n) is 9.39. The smallest absolute Gasteiger partial charge is 0.228 e. The molecule has 1 N–H and O–H groups in total. The van der Waals surface area contributed by atoms with Crippen LogP contribution >= 0.6 is 0 Å². The van der Waals surface area contributed by atoms with Crippen molar-refractivity contribution in [3.05, 3.63) is 65.5 Å². The standard InChI is InChI=1S/C21H23FN2O4S/c1-15(25)17-4-2-6-20(12-17)23-21(26)18-5-3-11-24(13-18)29(27,28)14-16-7-9-19(22)10-8-16/h2,4,6-10,12,18H,3,5,11,13-14H2,1H3,(H,23,26)/t18-/m0/s1. The molecule has 0 saturated carbocycles. The molecule has 0 aromatic heterocycles. The predicted octanol–water partition coefficient (Wildman–Crippen LogP) is 3.21. The zero-order valence-electron chi connectivity index (χ0n) is 16.1. The number of carbonyl (C=O) groups is 2. The maximum atomic E-state index is 13.0. The van der Waals surface area contributed by atoms with Gasteiger partial charge in [0.15, 0.2) is 5.78 Å². The maximum absolute atomic E-state index is 13.0. The minimum Gasteiger partial charge on any atom is -0.326 e. The molecular weight excluding hydrogens is 395 g/mol. The number of nitrogens with zero attached hydrogens (tertiary/aromatic N) is 1. The second-order valence-corrected chi connectivity index (χ2v) is 9.17. The number of hydrogen-bond donors (Lipinski definition) is 1. The summed E-state index contributed by atoms with van der Waals surface area (Å²) in [6.07, 6.45) is 1.16. The highest BCUT2D eigenvalue weighted by atomic mass is 32.2. The molecule has 0 radical (unpaired) electrons. The highest BCUT2D eigenvalue weighted by Gasteiger charge is 2.32. The Morgan fingerprint density at radius 1 is 1.17 bits per heavy atom. The third-order valence-electron chi connectivity index (χ3n) is 4.95. The second-order valence-electron chi connectivity index (χ2n) is 7.21. The number of halogens is 1. The van der Waals surface area contributed by atoms with Gasteiger partial charge in [0.05, 0.1) is 11.7 Å². The number of sulfonamides is 1. The molecule has 1 heterocycles. The summed E-state index contributed by atoms with van der Waals surface area (Å²) in [4.78, 5) is 24.2. The van der Waals surface area contributed by atoms with Crippen LogP contribution in [-0.2, 0) is 20.6 Å². The van der Waals surface area contributed by atoms with E-state index in [4.69, 9.17) is 0 Å². The lowest BCUT2D eigenvalue weighted by molar-refractivity contribution is -0.120. The monoisotopic (exact) mass is 418 g/mol. The Morgan fingerprint density at radius 2 is 1.90 bits per heavy atom. The number of rotatable bonds is 6. The first kappa shape index (κ1) is 21.1. The van der Waals surface area contributed by atoms with Gasteiger partial charge in [-0.25, -0.2) is 17.1 Å². The van der Waals surface area contributed by atoms with Crippen molar-refractivity contribution in [2.45, 2.75) is 25.5 Å². The van der Waals surface area contributed by atoms with E-state index in [1.54, 1.807) is 24.3 Å². The minimum absolute atomic E-state index is 0.0990. The van der Waals surface area contributed by atoms with Gasteiger partial charge in [-0.2, -0.15) is 0 Å². The molecule has 1 aliphatic heterocycles. The Bertz CT molecular complexity index is 1010. The number of benzene rings is 2. The first-order chi connectivity index (χ1) is 13.7. The Labute approximate surface area is 169 Å². The van der Waals surface area contributed by atoms with E-state index in [-0.39, 0.29) is 24.0 Å². The van der Waals surface area contributed by atoms with Crippen LogP contribution < -0.4 is 5.32 Å². The van der Waals surface area contributed by atoms with Crippen molar-refractivity contribution >= 4 is 27.4 Å². The van der Waals surface area contributed by atoms with Crippen LogP contribution in [0.2, 0.25) is 0 Å². The van der Waals surface area contributed by atoms with Crippen LogP contribution in [0.4, 0.5) is 10.1 Å². The van der Waals surface area contributed by atoms with Gasteiger partial charge >= 0.3 is 0 Å². The summed E-state index contributed by atoms with van der Waals surface area (Å²) in [5.41, 5.74) is 1.50. The third-order valence-corrected chi connectivity index (χ3v) is 6.76. The third kappa shape index (κ3) is 5.48. The average Bonchev–Trinajstić information content (AvgIpc) is 2.70. The van der Waals surface area contributed by atoms with E-state index >= 15 is 0 Å². The van der Waals surface area contributed by atoms with Crippen molar-refractivity contribution < 1.29 is 22.4 Å². The number of Topliss-reactive ketones (excluding diaryl/α,β-unsaturated/α-hetero) is 1. The van der Waals surface area contributed by atoms with Crippen LogP contribution in [0, 0.1) is 11.7 Å². The molecule has 29 heavy (non-hydrogen) atoms. The Balaban J connectivity index is 1.66. The highest BCUT2D eigenvalue weighted by Crippen LogP contribution is 2.23. The summed E-state index contributed by atoms with van der Waals surface area (Å²) < 4.78 is 39.9. The second kappa shape index (κ2) is 8.84. The molecule has 8 heteroatoms. The lowest BCUT2D eigenvalue weighted by atomic mass is 9.98. The quantitative estimate of drug-likeness (QED) is 0.730. The molecule has 1 fully saturated rings. The van der Waals surface area contributed by atoms with Crippen LogP contribution in [0.5, 0.6) is 0 Å². The molecule has 1 aliphatic rings.